The number of benzene rings is 1. The van der Waals surface area contributed by atoms with Crippen LogP contribution in [0.1, 0.15) is 32.6 Å². The molecule has 0 radical (unpaired) electrons. The Balaban J connectivity index is 1.79. The molecule has 5 nitrogen and oxygen atoms in total. The number of amides is 3. The number of hydrogen-bond acceptors (Lipinski definition) is 2. The van der Waals surface area contributed by atoms with Gasteiger partial charge in [0, 0.05) is 18.3 Å². The van der Waals surface area contributed by atoms with Gasteiger partial charge >= 0.3 is 6.03 Å². The van der Waals surface area contributed by atoms with Gasteiger partial charge in [-0.15, -0.1) is 0 Å². The zero-order chi connectivity index (χ0) is 15.1. The van der Waals surface area contributed by atoms with Crippen LogP contribution in [0.5, 0.6) is 0 Å². The van der Waals surface area contributed by atoms with Gasteiger partial charge in [0.05, 0.1) is 6.54 Å². The second-order valence-electron chi connectivity index (χ2n) is 5.32. The molecule has 5 heteroatoms. The lowest BCUT2D eigenvalue weighted by atomic mass is 10.00. The predicted octanol–water partition coefficient (Wildman–Crippen LogP) is 2.60. The van der Waals surface area contributed by atoms with Crippen LogP contribution >= 0.6 is 0 Å². The smallest absolute Gasteiger partial charge is 0.319 e. The first-order valence-corrected chi connectivity index (χ1v) is 7.60. The van der Waals surface area contributed by atoms with E-state index in [2.05, 4.69) is 17.6 Å². The van der Waals surface area contributed by atoms with Crippen molar-refractivity contribution in [2.45, 2.75) is 38.6 Å². The van der Waals surface area contributed by atoms with E-state index < -0.39 is 0 Å². The summed E-state index contributed by atoms with van der Waals surface area (Å²) in [7, 11) is 0. The number of nitrogens with one attached hydrogen (secondary N) is 2. The molecule has 2 rings (SSSR count). The van der Waals surface area contributed by atoms with Gasteiger partial charge in [-0.3, -0.25) is 4.79 Å². The minimum absolute atomic E-state index is 0.00441. The van der Waals surface area contributed by atoms with E-state index in [0.717, 1.165) is 25.8 Å². The molecular weight excluding hydrogens is 266 g/mol. The zero-order valence-corrected chi connectivity index (χ0v) is 12.5. The van der Waals surface area contributed by atoms with E-state index in [1.165, 1.54) is 6.42 Å². The SMILES string of the molecule is CCC1CCCCN1C(=O)CNC(=O)Nc1ccccc1. The molecule has 1 atom stereocenters. The van der Waals surface area contributed by atoms with Crippen molar-refractivity contribution in [3.63, 3.8) is 0 Å². The summed E-state index contributed by atoms with van der Waals surface area (Å²) in [6.45, 7) is 2.96. The summed E-state index contributed by atoms with van der Waals surface area (Å²) in [5.74, 6) is 0.00441. The fourth-order valence-corrected chi connectivity index (χ4v) is 2.71. The van der Waals surface area contributed by atoms with Crippen molar-refractivity contribution < 1.29 is 9.59 Å². The van der Waals surface area contributed by atoms with Crippen molar-refractivity contribution in [1.82, 2.24) is 10.2 Å². The Morgan fingerprint density at radius 2 is 2.00 bits per heavy atom. The van der Waals surface area contributed by atoms with Crippen LogP contribution in [0.15, 0.2) is 30.3 Å². The van der Waals surface area contributed by atoms with Crippen LogP contribution in [-0.2, 0) is 4.79 Å². The third-order valence-electron chi connectivity index (χ3n) is 3.85. The molecule has 0 aliphatic carbocycles. The standard InChI is InChI=1S/C16H23N3O2/c1-2-14-10-6-7-11-19(14)15(20)12-17-16(21)18-13-8-4-3-5-9-13/h3-5,8-9,14H,2,6-7,10-12H2,1H3,(H2,17,18,21). The number of piperidine rings is 1. The summed E-state index contributed by atoms with van der Waals surface area (Å²) in [4.78, 5) is 25.9. The molecule has 114 valence electrons. The molecule has 1 aliphatic heterocycles. The fourth-order valence-electron chi connectivity index (χ4n) is 2.71. The van der Waals surface area contributed by atoms with E-state index in [0.29, 0.717) is 11.7 Å². The first-order chi connectivity index (χ1) is 10.2. The third-order valence-corrected chi connectivity index (χ3v) is 3.85. The van der Waals surface area contributed by atoms with Gasteiger partial charge in [-0.25, -0.2) is 4.79 Å². The first kappa shape index (κ1) is 15.4. The number of nitrogens with zero attached hydrogens (tertiary/aromatic N) is 1. The Kier molecular flexibility index (Phi) is 5.60. The fraction of sp³-hybridized carbons (Fsp3) is 0.500. The lowest BCUT2D eigenvalue weighted by Gasteiger charge is -2.35. The second kappa shape index (κ2) is 7.67. The van der Waals surface area contributed by atoms with E-state index in [1.54, 1.807) is 12.1 Å². The van der Waals surface area contributed by atoms with E-state index in [1.807, 2.05) is 23.1 Å². The van der Waals surface area contributed by atoms with E-state index in [4.69, 9.17) is 0 Å². The van der Waals surface area contributed by atoms with Crippen LogP contribution in [0.25, 0.3) is 0 Å². The van der Waals surface area contributed by atoms with Crippen molar-refractivity contribution in [3.8, 4) is 0 Å². The average molecular weight is 289 g/mol. The number of carbonyl (C=O) groups excluding carboxylic acids is 2. The van der Waals surface area contributed by atoms with Gasteiger partial charge < -0.3 is 15.5 Å². The quantitative estimate of drug-likeness (QED) is 0.895. The lowest BCUT2D eigenvalue weighted by Crippen LogP contribution is -2.48. The minimum atomic E-state index is -0.348. The molecule has 0 bridgehead atoms. The zero-order valence-electron chi connectivity index (χ0n) is 12.5. The molecule has 0 spiro atoms. The summed E-state index contributed by atoms with van der Waals surface area (Å²) in [6, 6.07) is 9.16. The number of hydrogen-bond donors (Lipinski definition) is 2. The Labute approximate surface area is 125 Å². The largest absolute Gasteiger partial charge is 0.338 e. The summed E-state index contributed by atoms with van der Waals surface area (Å²) in [5, 5.41) is 5.34. The van der Waals surface area contributed by atoms with Gasteiger partial charge in [0.2, 0.25) is 5.91 Å². The van der Waals surface area contributed by atoms with Gasteiger partial charge in [-0.2, -0.15) is 0 Å². The summed E-state index contributed by atoms with van der Waals surface area (Å²) >= 11 is 0. The number of likely N-dealkylation sites (tertiary alicyclic amines) is 1. The Morgan fingerprint density at radius 3 is 2.71 bits per heavy atom. The van der Waals surface area contributed by atoms with E-state index >= 15 is 0 Å². The summed E-state index contributed by atoms with van der Waals surface area (Å²) in [5.41, 5.74) is 0.715. The van der Waals surface area contributed by atoms with Gasteiger partial charge in [-0.05, 0) is 37.8 Å². The number of para-hydroxylation sites is 1. The normalized spacial score (nSPS) is 18.1. The van der Waals surface area contributed by atoms with E-state index in [9.17, 15) is 9.59 Å². The van der Waals surface area contributed by atoms with Gasteiger partial charge in [0.1, 0.15) is 0 Å². The first-order valence-electron chi connectivity index (χ1n) is 7.60. The van der Waals surface area contributed by atoms with Crippen LogP contribution in [0.3, 0.4) is 0 Å². The van der Waals surface area contributed by atoms with Crippen LogP contribution in [0.2, 0.25) is 0 Å². The minimum Gasteiger partial charge on any atom is -0.338 e. The molecule has 1 saturated heterocycles. The molecular formula is C16H23N3O2. The summed E-state index contributed by atoms with van der Waals surface area (Å²) in [6.07, 6.45) is 4.28. The van der Waals surface area contributed by atoms with Gasteiger partial charge in [0.25, 0.3) is 0 Å². The molecule has 3 amide bonds. The maximum absolute atomic E-state index is 12.2. The van der Waals surface area contributed by atoms with Crippen LogP contribution in [-0.4, -0.2) is 36.0 Å². The molecule has 1 aromatic carbocycles. The van der Waals surface area contributed by atoms with Crippen molar-refractivity contribution in [3.05, 3.63) is 30.3 Å². The molecule has 1 fully saturated rings. The van der Waals surface area contributed by atoms with Crippen LogP contribution in [0, 0.1) is 0 Å². The Bertz CT molecular complexity index is 476. The van der Waals surface area contributed by atoms with Crippen molar-refractivity contribution in [2.24, 2.45) is 0 Å². The predicted molar refractivity (Wildman–Crippen MR) is 83.1 cm³/mol. The van der Waals surface area contributed by atoms with Crippen LogP contribution in [0.4, 0.5) is 10.5 Å². The van der Waals surface area contributed by atoms with Crippen LogP contribution < -0.4 is 10.6 Å². The van der Waals surface area contributed by atoms with E-state index in [-0.39, 0.29) is 18.5 Å². The molecule has 0 saturated carbocycles. The number of carbonyl (C=O) groups is 2. The number of urea groups is 1. The van der Waals surface area contributed by atoms with Crippen molar-refractivity contribution >= 4 is 17.6 Å². The Morgan fingerprint density at radius 1 is 1.24 bits per heavy atom. The third kappa shape index (κ3) is 4.48. The monoisotopic (exact) mass is 289 g/mol. The molecule has 0 aromatic heterocycles. The lowest BCUT2D eigenvalue weighted by molar-refractivity contribution is -0.133. The molecule has 21 heavy (non-hydrogen) atoms. The maximum Gasteiger partial charge on any atom is 0.319 e. The maximum atomic E-state index is 12.2. The average Bonchev–Trinajstić information content (AvgIpc) is 2.53. The highest BCUT2D eigenvalue weighted by molar-refractivity contribution is 5.92. The Hall–Kier alpha value is -2.04. The highest BCUT2D eigenvalue weighted by atomic mass is 16.2. The van der Waals surface area contributed by atoms with Gasteiger partial charge in [0.15, 0.2) is 0 Å². The molecule has 1 aromatic rings. The van der Waals surface area contributed by atoms with Crippen molar-refractivity contribution in [2.75, 3.05) is 18.4 Å². The number of rotatable bonds is 4. The molecule has 1 aliphatic rings. The highest BCUT2D eigenvalue weighted by Gasteiger charge is 2.25. The summed E-state index contributed by atoms with van der Waals surface area (Å²) < 4.78 is 0. The van der Waals surface area contributed by atoms with Crippen molar-refractivity contribution in [1.29, 1.82) is 0 Å². The second-order valence-corrected chi connectivity index (χ2v) is 5.32. The number of anilines is 1. The molecule has 1 unspecified atom stereocenters. The molecule has 1 heterocycles. The molecule has 2 N–H and O–H groups in total. The topological polar surface area (TPSA) is 61.4 Å². The van der Waals surface area contributed by atoms with Gasteiger partial charge in [-0.1, -0.05) is 25.1 Å². The highest BCUT2D eigenvalue weighted by Crippen LogP contribution is 2.19.